The second kappa shape index (κ2) is 5.47. The molecule has 6 heteroatoms. The normalized spacial score (nSPS) is 12.5. The highest BCUT2D eigenvalue weighted by atomic mass is 16.7. The molecular formula is C15H16N2O4. The van der Waals surface area contributed by atoms with E-state index in [0.29, 0.717) is 29.4 Å². The van der Waals surface area contributed by atoms with Crippen LogP contribution in [0.15, 0.2) is 18.2 Å². The van der Waals surface area contributed by atoms with Gasteiger partial charge in [-0.2, -0.15) is 5.10 Å². The third-order valence-corrected chi connectivity index (χ3v) is 3.40. The van der Waals surface area contributed by atoms with Crippen LogP contribution in [-0.4, -0.2) is 22.9 Å². The molecule has 0 bridgehead atoms. The van der Waals surface area contributed by atoms with Gasteiger partial charge in [0.2, 0.25) is 6.79 Å². The van der Waals surface area contributed by atoms with Gasteiger partial charge in [0.25, 0.3) is 0 Å². The topological polar surface area (TPSA) is 62.6 Å². The lowest BCUT2D eigenvalue weighted by atomic mass is 10.2. The molecule has 0 saturated carbocycles. The summed E-state index contributed by atoms with van der Waals surface area (Å²) in [5.74, 6) is 1.64. The van der Waals surface area contributed by atoms with Crippen molar-refractivity contribution < 1.29 is 19.0 Å². The monoisotopic (exact) mass is 288 g/mol. The van der Waals surface area contributed by atoms with Gasteiger partial charge in [-0.1, -0.05) is 6.92 Å². The smallest absolute Gasteiger partial charge is 0.231 e. The average Bonchev–Trinajstić information content (AvgIpc) is 3.09. The van der Waals surface area contributed by atoms with Crippen LogP contribution in [0.4, 0.5) is 0 Å². The lowest BCUT2D eigenvalue weighted by Gasteiger charge is -2.09. The zero-order chi connectivity index (χ0) is 14.8. The molecule has 0 atom stereocenters. The minimum absolute atomic E-state index is 0.165. The van der Waals surface area contributed by atoms with Gasteiger partial charge in [0.05, 0.1) is 17.0 Å². The van der Waals surface area contributed by atoms with E-state index in [-0.39, 0.29) is 6.79 Å². The lowest BCUT2D eigenvalue weighted by molar-refractivity contribution is 0.111. The van der Waals surface area contributed by atoms with Crippen LogP contribution in [0.3, 0.4) is 0 Å². The molecule has 2 heterocycles. The van der Waals surface area contributed by atoms with Crippen molar-refractivity contribution in [3.05, 3.63) is 35.2 Å². The molecule has 1 aromatic carbocycles. The molecule has 2 aromatic rings. The third kappa shape index (κ3) is 2.56. The predicted molar refractivity (Wildman–Crippen MR) is 74.9 cm³/mol. The molecular weight excluding hydrogens is 272 g/mol. The SMILES string of the molecule is CCc1cc(COc2cc3c(cc2C=O)OCO3)n(C)n1. The summed E-state index contributed by atoms with van der Waals surface area (Å²) in [6.07, 6.45) is 1.62. The van der Waals surface area contributed by atoms with Gasteiger partial charge in [-0.3, -0.25) is 9.48 Å². The first-order valence-corrected chi connectivity index (χ1v) is 6.74. The summed E-state index contributed by atoms with van der Waals surface area (Å²) in [4.78, 5) is 11.2. The fourth-order valence-electron chi connectivity index (χ4n) is 2.19. The largest absolute Gasteiger partial charge is 0.486 e. The van der Waals surface area contributed by atoms with Gasteiger partial charge in [0.15, 0.2) is 17.8 Å². The molecule has 0 spiro atoms. The maximum Gasteiger partial charge on any atom is 0.231 e. The molecule has 6 nitrogen and oxygen atoms in total. The average molecular weight is 288 g/mol. The van der Waals surface area contributed by atoms with E-state index in [0.717, 1.165) is 24.1 Å². The van der Waals surface area contributed by atoms with Crippen molar-refractivity contribution in [3.63, 3.8) is 0 Å². The molecule has 0 saturated heterocycles. The van der Waals surface area contributed by atoms with Crippen LogP contribution in [0.25, 0.3) is 0 Å². The zero-order valence-corrected chi connectivity index (χ0v) is 12.0. The minimum Gasteiger partial charge on any atom is -0.486 e. The standard InChI is InChI=1S/C15H16N2O4/c1-3-11-5-12(17(2)16-11)8-19-13-6-15-14(20-9-21-15)4-10(13)7-18/h4-7H,3,8-9H2,1-2H3. The summed E-state index contributed by atoms with van der Waals surface area (Å²) in [5.41, 5.74) is 2.40. The summed E-state index contributed by atoms with van der Waals surface area (Å²) < 4.78 is 18.1. The number of rotatable bonds is 5. The van der Waals surface area contributed by atoms with Crippen LogP contribution in [-0.2, 0) is 20.1 Å². The Hall–Kier alpha value is -2.50. The number of aromatic nitrogens is 2. The molecule has 1 aromatic heterocycles. The molecule has 0 amide bonds. The molecule has 0 unspecified atom stereocenters. The molecule has 3 rings (SSSR count). The predicted octanol–water partition coefficient (Wildman–Crippen LogP) is 2.10. The quantitative estimate of drug-likeness (QED) is 0.788. The highest BCUT2D eigenvalue weighted by molar-refractivity contribution is 5.81. The number of hydrogen-bond donors (Lipinski definition) is 0. The first-order chi connectivity index (χ1) is 10.2. The summed E-state index contributed by atoms with van der Waals surface area (Å²) in [5, 5.41) is 4.36. The van der Waals surface area contributed by atoms with Gasteiger partial charge in [-0.05, 0) is 18.6 Å². The number of carbonyl (C=O) groups excluding carboxylic acids is 1. The van der Waals surface area contributed by atoms with E-state index in [1.54, 1.807) is 16.8 Å². The Morgan fingerprint density at radius 1 is 1.33 bits per heavy atom. The second-order valence-electron chi connectivity index (χ2n) is 4.75. The summed E-state index contributed by atoms with van der Waals surface area (Å²) in [6.45, 7) is 2.55. The van der Waals surface area contributed by atoms with Crippen molar-refractivity contribution in [3.8, 4) is 17.2 Å². The Morgan fingerprint density at radius 2 is 2.10 bits per heavy atom. The number of aldehydes is 1. The molecule has 0 aliphatic carbocycles. The van der Waals surface area contributed by atoms with Crippen molar-refractivity contribution in [2.24, 2.45) is 7.05 Å². The number of aryl methyl sites for hydroxylation is 2. The van der Waals surface area contributed by atoms with Crippen molar-refractivity contribution in [2.45, 2.75) is 20.0 Å². The van der Waals surface area contributed by atoms with Crippen LogP contribution >= 0.6 is 0 Å². The van der Waals surface area contributed by atoms with Crippen LogP contribution in [0, 0.1) is 0 Å². The van der Waals surface area contributed by atoms with Crippen molar-refractivity contribution >= 4 is 6.29 Å². The second-order valence-corrected chi connectivity index (χ2v) is 4.75. The Bertz CT molecular complexity index is 679. The van der Waals surface area contributed by atoms with E-state index >= 15 is 0 Å². The maximum atomic E-state index is 11.2. The maximum absolute atomic E-state index is 11.2. The van der Waals surface area contributed by atoms with Crippen LogP contribution in [0.2, 0.25) is 0 Å². The van der Waals surface area contributed by atoms with E-state index in [1.807, 2.05) is 13.1 Å². The summed E-state index contributed by atoms with van der Waals surface area (Å²) in [7, 11) is 1.87. The number of hydrogen-bond acceptors (Lipinski definition) is 5. The van der Waals surface area contributed by atoms with E-state index in [9.17, 15) is 4.79 Å². The fraction of sp³-hybridized carbons (Fsp3) is 0.333. The van der Waals surface area contributed by atoms with Crippen LogP contribution in [0.1, 0.15) is 28.7 Å². The number of ether oxygens (including phenoxy) is 3. The van der Waals surface area contributed by atoms with E-state index in [1.165, 1.54) is 0 Å². The molecule has 110 valence electrons. The highest BCUT2D eigenvalue weighted by Crippen LogP contribution is 2.37. The van der Waals surface area contributed by atoms with Crippen molar-refractivity contribution in [2.75, 3.05) is 6.79 Å². The molecule has 1 aliphatic rings. The molecule has 0 radical (unpaired) electrons. The highest BCUT2D eigenvalue weighted by Gasteiger charge is 2.18. The van der Waals surface area contributed by atoms with Crippen molar-refractivity contribution in [1.29, 1.82) is 0 Å². The van der Waals surface area contributed by atoms with E-state index in [2.05, 4.69) is 12.0 Å². The molecule has 0 fully saturated rings. The zero-order valence-electron chi connectivity index (χ0n) is 12.0. The minimum atomic E-state index is 0.165. The van der Waals surface area contributed by atoms with Crippen LogP contribution in [0.5, 0.6) is 17.2 Å². The Balaban J connectivity index is 1.81. The van der Waals surface area contributed by atoms with E-state index in [4.69, 9.17) is 14.2 Å². The van der Waals surface area contributed by atoms with Gasteiger partial charge >= 0.3 is 0 Å². The van der Waals surface area contributed by atoms with Gasteiger partial charge in [-0.15, -0.1) is 0 Å². The summed E-state index contributed by atoms with van der Waals surface area (Å²) >= 11 is 0. The van der Waals surface area contributed by atoms with E-state index < -0.39 is 0 Å². The third-order valence-electron chi connectivity index (χ3n) is 3.40. The fourth-order valence-corrected chi connectivity index (χ4v) is 2.19. The van der Waals surface area contributed by atoms with Gasteiger partial charge in [0.1, 0.15) is 12.4 Å². The Morgan fingerprint density at radius 3 is 2.76 bits per heavy atom. The Kier molecular flexibility index (Phi) is 3.51. The van der Waals surface area contributed by atoms with Crippen molar-refractivity contribution in [1.82, 2.24) is 9.78 Å². The van der Waals surface area contributed by atoms with Crippen LogP contribution < -0.4 is 14.2 Å². The van der Waals surface area contributed by atoms with Gasteiger partial charge in [-0.25, -0.2) is 0 Å². The lowest BCUT2D eigenvalue weighted by Crippen LogP contribution is -2.04. The summed E-state index contributed by atoms with van der Waals surface area (Å²) in [6, 6.07) is 5.31. The van der Waals surface area contributed by atoms with Gasteiger partial charge in [0, 0.05) is 13.1 Å². The number of benzene rings is 1. The molecule has 1 aliphatic heterocycles. The van der Waals surface area contributed by atoms with Gasteiger partial charge < -0.3 is 14.2 Å². The number of nitrogens with zero attached hydrogens (tertiary/aromatic N) is 2. The first-order valence-electron chi connectivity index (χ1n) is 6.74. The number of carbonyl (C=O) groups is 1. The molecule has 21 heavy (non-hydrogen) atoms. The Labute approximate surface area is 122 Å². The number of fused-ring (bicyclic) bond motifs is 1. The molecule has 0 N–H and O–H groups in total. The first kappa shape index (κ1) is 13.5.